The average molecular weight is 349 g/mol. The van der Waals surface area contributed by atoms with Crippen LogP contribution in [0.15, 0.2) is 65.2 Å². The van der Waals surface area contributed by atoms with E-state index in [1.807, 2.05) is 67.6 Å². The highest BCUT2D eigenvalue weighted by atomic mass is 32.1. The van der Waals surface area contributed by atoms with Crippen LogP contribution in [0.3, 0.4) is 0 Å². The van der Waals surface area contributed by atoms with Gasteiger partial charge < -0.3 is 9.84 Å². The Labute approximate surface area is 148 Å². The molecule has 25 heavy (non-hydrogen) atoms. The molecule has 0 amide bonds. The van der Waals surface area contributed by atoms with Crippen LogP contribution < -0.4 is 5.32 Å². The second-order valence-corrected chi connectivity index (χ2v) is 6.23. The van der Waals surface area contributed by atoms with E-state index in [4.69, 9.17) is 4.52 Å². The third kappa shape index (κ3) is 3.41. The van der Waals surface area contributed by atoms with E-state index >= 15 is 0 Å². The van der Waals surface area contributed by atoms with Gasteiger partial charge in [-0.3, -0.25) is 0 Å². The first-order valence-electron chi connectivity index (χ1n) is 7.84. The Balaban J connectivity index is 1.49. The van der Waals surface area contributed by atoms with Crippen molar-refractivity contribution >= 4 is 16.7 Å². The van der Waals surface area contributed by atoms with E-state index in [1.54, 1.807) is 0 Å². The molecule has 2 aromatic carbocycles. The molecule has 1 N–H and O–H groups in total. The number of anilines is 1. The third-order valence-electron chi connectivity index (χ3n) is 3.65. The smallest absolute Gasteiger partial charge is 0.257 e. The van der Waals surface area contributed by atoms with Gasteiger partial charge in [-0.05, 0) is 19.1 Å². The van der Waals surface area contributed by atoms with Crippen LogP contribution in [0.4, 0.5) is 5.13 Å². The van der Waals surface area contributed by atoms with Crippen molar-refractivity contribution in [2.75, 3.05) is 5.32 Å². The first kappa shape index (κ1) is 15.5. The molecular formula is C18H15N5OS. The highest BCUT2D eigenvalue weighted by Crippen LogP contribution is 2.25. The van der Waals surface area contributed by atoms with Crippen LogP contribution in [-0.2, 0) is 0 Å². The van der Waals surface area contributed by atoms with Crippen LogP contribution in [0.5, 0.6) is 0 Å². The molecule has 4 aromatic rings. The lowest BCUT2D eigenvalue weighted by Gasteiger charge is -2.06. The summed E-state index contributed by atoms with van der Waals surface area (Å²) in [4.78, 5) is 8.98. The van der Waals surface area contributed by atoms with Crippen molar-refractivity contribution in [1.82, 2.24) is 19.5 Å². The fourth-order valence-electron chi connectivity index (χ4n) is 2.35. The van der Waals surface area contributed by atoms with Crippen molar-refractivity contribution in [3.05, 3.63) is 66.5 Å². The highest BCUT2D eigenvalue weighted by Gasteiger charge is 2.16. The molecule has 0 aliphatic carbocycles. The number of hydrogen-bond acceptors (Lipinski definition) is 7. The van der Waals surface area contributed by atoms with E-state index in [0.717, 1.165) is 16.3 Å². The second kappa shape index (κ2) is 6.82. The van der Waals surface area contributed by atoms with Crippen LogP contribution >= 0.6 is 11.5 Å². The predicted octanol–water partition coefficient (Wildman–Crippen LogP) is 4.43. The summed E-state index contributed by atoms with van der Waals surface area (Å²) in [5, 5.41) is 8.05. The summed E-state index contributed by atoms with van der Waals surface area (Å²) in [6.45, 7) is 1.96. The van der Waals surface area contributed by atoms with Crippen LogP contribution in [0.25, 0.3) is 22.8 Å². The van der Waals surface area contributed by atoms with Crippen molar-refractivity contribution < 1.29 is 4.52 Å². The zero-order valence-electron chi connectivity index (χ0n) is 13.5. The lowest BCUT2D eigenvalue weighted by molar-refractivity contribution is 0.420. The SMILES string of the molecule is CC(Nc1nc(-c2ccccc2)ns1)c1noc(-c2ccccc2)n1. The van der Waals surface area contributed by atoms with Crippen molar-refractivity contribution in [2.24, 2.45) is 0 Å². The first-order valence-corrected chi connectivity index (χ1v) is 8.61. The van der Waals surface area contributed by atoms with E-state index in [1.165, 1.54) is 11.5 Å². The third-order valence-corrected chi connectivity index (χ3v) is 4.29. The van der Waals surface area contributed by atoms with Gasteiger partial charge in [-0.1, -0.05) is 53.7 Å². The fraction of sp³-hybridized carbons (Fsp3) is 0.111. The van der Waals surface area contributed by atoms with Gasteiger partial charge in [0.2, 0.25) is 5.13 Å². The van der Waals surface area contributed by atoms with E-state index in [0.29, 0.717) is 17.5 Å². The Morgan fingerprint density at radius 3 is 2.32 bits per heavy atom. The van der Waals surface area contributed by atoms with Crippen LogP contribution in [0, 0.1) is 0 Å². The lowest BCUT2D eigenvalue weighted by atomic mass is 10.2. The molecule has 7 heteroatoms. The molecule has 0 aliphatic heterocycles. The van der Waals surface area contributed by atoms with Crippen molar-refractivity contribution in [3.63, 3.8) is 0 Å². The molecule has 2 heterocycles. The first-order chi connectivity index (χ1) is 12.3. The maximum atomic E-state index is 5.35. The summed E-state index contributed by atoms with van der Waals surface area (Å²) < 4.78 is 9.74. The number of rotatable bonds is 5. The summed E-state index contributed by atoms with van der Waals surface area (Å²) in [6, 6.07) is 19.4. The van der Waals surface area contributed by atoms with Crippen molar-refractivity contribution in [2.45, 2.75) is 13.0 Å². The molecule has 0 bridgehead atoms. The number of aromatic nitrogens is 4. The Bertz CT molecular complexity index is 952. The minimum absolute atomic E-state index is 0.141. The van der Waals surface area contributed by atoms with Gasteiger partial charge in [-0.2, -0.15) is 14.3 Å². The predicted molar refractivity (Wildman–Crippen MR) is 97.1 cm³/mol. The summed E-state index contributed by atoms with van der Waals surface area (Å²) >= 11 is 1.31. The monoisotopic (exact) mass is 349 g/mol. The van der Waals surface area contributed by atoms with Gasteiger partial charge in [-0.15, -0.1) is 0 Å². The van der Waals surface area contributed by atoms with Gasteiger partial charge in [0.1, 0.15) is 0 Å². The minimum atomic E-state index is -0.141. The quantitative estimate of drug-likeness (QED) is 0.574. The van der Waals surface area contributed by atoms with Gasteiger partial charge in [-0.25, -0.2) is 0 Å². The molecule has 0 fully saturated rings. The molecule has 1 atom stereocenters. The Morgan fingerprint density at radius 2 is 1.60 bits per heavy atom. The number of nitrogens with zero attached hydrogens (tertiary/aromatic N) is 4. The Hall–Kier alpha value is -3.06. The number of benzene rings is 2. The molecule has 4 rings (SSSR count). The molecule has 0 saturated carbocycles. The zero-order valence-corrected chi connectivity index (χ0v) is 14.3. The normalized spacial score (nSPS) is 12.0. The Morgan fingerprint density at radius 1 is 0.920 bits per heavy atom. The van der Waals surface area contributed by atoms with E-state index < -0.39 is 0 Å². The molecule has 0 aliphatic rings. The van der Waals surface area contributed by atoms with E-state index in [2.05, 4.69) is 24.8 Å². The average Bonchev–Trinajstić information content (AvgIpc) is 3.33. The molecule has 124 valence electrons. The molecule has 0 radical (unpaired) electrons. The highest BCUT2D eigenvalue weighted by molar-refractivity contribution is 7.09. The molecular weight excluding hydrogens is 334 g/mol. The van der Waals surface area contributed by atoms with E-state index in [-0.39, 0.29) is 6.04 Å². The van der Waals surface area contributed by atoms with Crippen molar-refractivity contribution in [1.29, 1.82) is 0 Å². The molecule has 0 saturated heterocycles. The van der Waals surface area contributed by atoms with Gasteiger partial charge in [0.25, 0.3) is 5.89 Å². The molecule has 6 nitrogen and oxygen atoms in total. The fourth-order valence-corrected chi connectivity index (χ4v) is 3.02. The van der Waals surface area contributed by atoms with Gasteiger partial charge >= 0.3 is 0 Å². The minimum Gasteiger partial charge on any atom is -0.350 e. The Kier molecular flexibility index (Phi) is 4.22. The van der Waals surface area contributed by atoms with Crippen molar-refractivity contribution in [3.8, 4) is 22.8 Å². The topological polar surface area (TPSA) is 76.7 Å². The number of nitrogens with one attached hydrogen (secondary N) is 1. The van der Waals surface area contributed by atoms with Crippen LogP contribution in [0.1, 0.15) is 18.8 Å². The standard InChI is InChI=1S/C18H15N5OS/c1-12(15-20-17(24-22-15)14-10-6-3-7-11-14)19-18-21-16(23-25-18)13-8-4-2-5-9-13/h2-12H,1H3,(H,19,21,23). The summed E-state index contributed by atoms with van der Waals surface area (Å²) in [6.07, 6.45) is 0. The lowest BCUT2D eigenvalue weighted by Crippen LogP contribution is -2.08. The van der Waals surface area contributed by atoms with Gasteiger partial charge in [0.05, 0.1) is 6.04 Å². The summed E-state index contributed by atoms with van der Waals surface area (Å²) in [7, 11) is 0. The summed E-state index contributed by atoms with van der Waals surface area (Å²) in [5.41, 5.74) is 1.89. The maximum absolute atomic E-state index is 5.35. The largest absolute Gasteiger partial charge is 0.350 e. The van der Waals surface area contributed by atoms with Crippen LogP contribution in [-0.4, -0.2) is 19.5 Å². The van der Waals surface area contributed by atoms with Crippen LogP contribution in [0.2, 0.25) is 0 Å². The zero-order chi connectivity index (χ0) is 17.1. The number of hydrogen-bond donors (Lipinski definition) is 1. The van der Waals surface area contributed by atoms with E-state index in [9.17, 15) is 0 Å². The second-order valence-electron chi connectivity index (χ2n) is 5.48. The molecule has 0 spiro atoms. The molecule has 1 unspecified atom stereocenters. The summed E-state index contributed by atoms with van der Waals surface area (Å²) in [5.74, 6) is 1.79. The maximum Gasteiger partial charge on any atom is 0.257 e. The van der Waals surface area contributed by atoms with Gasteiger partial charge in [0, 0.05) is 22.7 Å². The van der Waals surface area contributed by atoms with Gasteiger partial charge in [0.15, 0.2) is 11.6 Å². The molecule has 2 aromatic heterocycles.